The van der Waals surface area contributed by atoms with Crippen molar-refractivity contribution in [1.29, 1.82) is 0 Å². The number of carbonyl (C=O) groups is 3. The van der Waals surface area contributed by atoms with Gasteiger partial charge in [-0.2, -0.15) is 0 Å². The highest BCUT2D eigenvalue weighted by molar-refractivity contribution is 8.18. The van der Waals surface area contributed by atoms with Crippen LogP contribution in [0.15, 0.2) is 47.4 Å². The standard InChI is InChI=1S/C22H21NO7S/c1-28-10-9-23-20(24)19(31-22(23)27)12-15-5-8-17(18(11-15)29-2)30-13-14-3-6-16(7-4-14)21(25)26/h3-8,11-12H,9-10,13H2,1-2H3,(H,25,26)/b19-12+. The number of carbonyl (C=O) groups excluding carboxylic acids is 2. The second kappa shape index (κ2) is 10.1. The number of ether oxygens (including phenoxy) is 3. The van der Waals surface area contributed by atoms with E-state index in [-0.39, 0.29) is 36.5 Å². The molecular weight excluding hydrogens is 422 g/mol. The molecule has 0 aromatic heterocycles. The molecule has 9 heteroatoms. The van der Waals surface area contributed by atoms with Crippen LogP contribution in [0.1, 0.15) is 21.5 Å². The number of benzene rings is 2. The number of thioether (sulfide) groups is 1. The Hall–Kier alpha value is -3.30. The lowest BCUT2D eigenvalue weighted by molar-refractivity contribution is -0.123. The van der Waals surface area contributed by atoms with Crippen molar-refractivity contribution in [1.82, 2.24) is 4.90 Å². The lowest BCUT2D eigenvalue weighted by Gasteiger charge is -2.12. The molecule has 1 heterocycles. The summed E-state index contributed by atoms with van der Waals surface area (Å²) in [4.78, 5) is 36.9. The molecule has 3 rings (SSSR count). The molecule has 0 unspecified atom stereocenters. The predicted molar refractivity (Wildman–Crippen MR) is 115 cm³/mol. The normalized spacial score (nSPS) is 14.9. The summed E-state index contributed by atoms with van der Waals surface area (Å²) >= 11 is 0.885. The van der Waals surface area contributed by atoms with E-state index in [4.69, 9.17) is 19.3 Å². The molecule has 0 radical (unpaired) electrons. The van der Waals surface area contributed by atoms with Crippen molar-refractivity contribution in [2.75, 3.05) is 27.4 Å². The summed E-state index contributed by atoms with van der Waals surface area (Å²) in [6, 6.07) is 11.6. The van der Waals surface area contributed by atoms with Crippen LogP contribution in [0.3, 0.4) is 0 Å². The fourth-order valence-corrected chi connectivity index (χ4v) is 3.69. The molecule has 0 atom stereocenters. The van der Waals surface area contributed by atoms with Crippen LogP contribution in [0.25, 0.3) is 6.08 Å². The zero-order valence-electron chi connectivity index (χ0n) is 17.0. The van der Waals surface area contributed by atoms with Gasteiger partial charge in [-0.15, -0.1) is 0 Å². The number of aromatic carboxylic acids is 1. The zero-order valence-corrected chi connectivity index (χ0v) is 17.8. The first-order valence-electron chi connectivity index (χ1n) is 9.30. The van der Waals surface area contributed by atoms with Gasteiger partial charge in [0.2, 0.25) is 0 Å². The van der Waals surface area contributed by atoms with Gasteiger partial charge < -0.3 is 19.3 Å². The minimum atomic E-state index is -0.985. The molecular formula is C22H21NO7S. The number of amides is 2. The highest BCUT2D eigenvalue weighted by Crippen LogP contribution is 2.34. The number of carboxylic acids is 1. The second-order valence-electron chi connectivity index (χ2n) is 6.53. The third-order valence-corrected chi connectivity index (χ3v) is 5.38. The maximum atomic E-state index is 12.4. The fraction of sp³-hybridized carbons (Fsp3) is 0.227. The molecule has 0 bridgehead atoms. The Bertz CT molecular complexity index is 1020. The SMILES string of the molecule is COCCN1C(=O)S/C(=C/c2ccc(OCc3ccc(C(=O)O)cc3)c(OC)c2)C1=O. The summed E-state index contributed by atoms with van der Waals surface area (Å²) in [6.07, 6.45) is 1.63. The van der Waals surface area contributed by atoms with Crippen LogP contribution in [-0.4, -0.2) is 54.5 Å². The van der Waals surface area contributed by atoms with Crippen LogP contribution in [-0.2, 0) is 16.1 Å². The van der Waals surface area contributed by atoms with Gasteiger partial charge in [0, 0.05) is 7.11 Å². The van der Waals surface area contributed by atoms with Crippen LogP contribution < -0.4 is 9.47 Å². The van der Waals surface area contributed by atoms with E-state index in [9.17, 15) is 14.4 Å². The average molecular weight is 443 g/mol. The van der Waals surface area contributed by atoms with E-state index in [1.54, 1.807) is 36.4 Å². The topological polar surface area (TPSA) is 102 Å². The Balaban J connectivity index is 1.71. The summed E-state index contributed by atoms with van der Waals surface area (Å²) in [5, 5.41) is 8.64. The summed E-state index contributed by atoms with van der Waals surface area (Å²) < 4.78 is 16.1. The molecule has 8 nitrogen and oxygen atoms in total. The minimum absolute atomic E-state index is 0.206. The monoisotopic (exact) mass is 443 g/mol. The van der Waals surface area contributed by atoms with Crippen LogP contribution in [0.4, 0.5) is 4.79 Å². The number of rotatable bonds is 9. The van der Waals surface area contributed by atoms with Crippen LogP contribution in [0.2, 0.25) is 0 Å². The highest BCUT2D eigenvalue weighted by atomic mass is 32.2. The van der Waals surface area contributed by atoms with Crippen molar-refractivity contribution in [3.05, 3.63) is 64.1 Å². The van der Waals surface area contributed by atoms with Crippen molar-refractivity contribution in [3.63, 3.8) is 0 Å². The van der Waals surface area contributed by atoms with Gasteiger partial charge in [0.15, 0.2) is 11.5 Å². The minimum Gasteiger partial charge on any atom is -0.493 e. The number of carboxylic acid groups (broad SMARTS) is 1. The summed E-state index contributed by atoms with van der Waals surface area (Å²) in [7, 11) is 3.02. The van der Waals surface area contributed by atoms with Gasteiger partial charge in [-0.25, -0.2) is 4.79 Å². The fourth-order valence-electron chi connectivity index (χ4n) is 2.82. The Kier molecular flexibility index (Phi) is 7.32. The maximum absolute atomic E-state index is 12.4. The van der Waals surface area contributed by atoms with Gasteiger partial charge in [-0.3, -0.25) is 14.5 Å². The van der Waals surface area contributed by atoms with E-state index in [1.165, 1.54) is 26.4 Å². The lowest BCUT2D eigenvalue weighted by Crippen LogP contribution is -2.31. The Labute approximate surface area is 183 Å². The van der Waals surface area contributed by atoms with Gasteiger partial charge >= 0.3 is 5.97 Å². The molecule has 162 valence electrons. The van der Waals surface area contributed by atoms with E-state index < -0.39 is 5.97 Å². The van der Waals surface area contributed by atoms with E-state index in [0.717, 1.165) is 22.2 Å². The molecule has 0 aliphatic carbocycles. The van der Waals surface area contributed by atoms with Crippen molar-refractivity contribution < 1.29 is 33.7 Å². The molecule has 1 aliphatic heterocycles. The van der Waals surface area contributed by atoms with E-state index in [1.807, 2.05) is 0 Å². The summed E-state index contributed by atoms with van der Waals surface area (Å²) in [6.45, 7) is 0.722. The van der Waals surface area contributed by atoms with Crippen molar-refractivity contribution >= 4 is 35.0 Å². The van der Waals surface area contributed by atoms with Crippen LogP contribution in [0.5, 0.6) is 11.5 Å². The Morgan fingerprint density at radius 1 is 1.10 bits per heavy atom. The molecule has 2 aromatic rings. The smallest absolute Gasteiger partial charge is 0.335 e. The van der Waals surface area contributed by atoms with E-state index >= 15 is 0 Å². The van der Waals surface area contributed by atoms with Gasteiger partial charge in [0.1, 0.15) is 6.61 Å². The molecule has 1 aliphatic rings. The summed E-state index contributed by atoms with van der Waals surface area (Å²) in [5.74, 6) is -0.373. The molecule has 1 N–H and O–H groups in total. The number of hydrogen-bond acceptors (Lipinski definition) is 7. The van der Waals surface area contributed by atoms with E-state index in [0.29, 0.717) is 22.0 Å². The first kappa shape index (κ1) is 22.4. The largest absolute Gasteiger partial charge is 0.493 e. The van der Waals surface area contributed by atoms with Gasteiger partial charge in [0.05, 0.1) is 30.7 Å². The van der Waals surface area contributed by atoms with Crippen molar-refractivity contribution in [2.24, 2.45) is 0 Å². The third kappa shape index (κ3) is 5.44. The Morgan fingerprint density at radius 2 is 1.84 bits per heavy atom. The number of hydrogen-bond donors (Lipinski definition) is 1. The molecule has 2 aromatic carbocycles. The van der Waals surface area contributed by atoms with Crippen molar-refractivity contribution in [2.45, 2.75) is 6.61 Å². The first-order valence-corrected chi connectivity index (χ1v) is 10.1. The quantitative estimate of drug-likeness (QED) is 0.586. The Morgan fingerprint density at radius 3 is 2.48 bits per heavy atom. The molecule has 2 amide bonds. The molecule has 31 heavy (non-hydrogen) atoms. The molecule has 1 fully saturated rings. The molecule has 0 saturated carbocycles. The van der Waals surface area contributed by atoms with Gasteiger partial charge in [-0.05, 0) is 53.2 Å². The van der Waals surface area contributed by atoms with Gasteiger partial charge in [-0.1, -0.05) is 18.2 Å². The highest BCUT2D eigenvalue weighted by Gasteiger charge is 2.34. The van der Waals surface area contributed by atoms with Crippen LogP contribution >= 0.6 is 11.8 Å². The number of imide groups is 1. The zero-order chi connectivity index (χ0) is 22.4. The van der Waals surface area contributed by atoms with Crippen molar-refractivity contribution in [3.8, 4) is 11.5 Å². The lowest BCUT2D eigenvalue weighted by atomic mass is 10.1. The first-order chi connectivity index (χ1) is 14.9. The number of methoxy groups -OCH3 is 2. The van der Waals surface area contributed by atoms with E-state index in [2.05, 4.69) is 0 Å². The third-order valence-electron chi connectivity index (χ3n) is 4.47. The molecule has 1 saturated heterocycles. The molecule has 0 spiro atoms. The summed E-state index contributed by atoms with van der Waals surface area (Å²) in [5.41, 5.74) is 1.70. The predicted octanol–water partition coefficient (Wildman–Crippen LogP) is 3.66. The van der Waals surface area contributed by atoms with Gasteiger partial charge in [0.25, 0.3) is 11.1 Å². The van der Waals surface area contributed by atoms with Crippen LogP contribution in [0, 0.1) is 0 Å². The maximum Gasteiger partial charge on any atom is 0.335 e. The second-order valence-corrected chi connectivity index (χ2v) is 7.52. The average Bonchev–Trinajstić information content (AvgIpc) is 3.03. The number of nitrogens with zero attached hydrogens (tertiary/aromatic N) is 1.